The number of aromatic nitrogens is 3. The van der Waals surface area contributed by atoms with Crippen molar-refractivity contribution in [3.8, 4) is 22.5 Å². The van der Waals surface area contributed by atoms with E-state index in [9.17, 15) is 0 Å². The Kier molecular flexibility index (Phi) is 9.27. The van der Waals surface area contributed by atoms with Gasteiger partial charge in [-0.2, -0.15) is 9.13 Å². The van der Waals surface area contributed by atoms with E-state index in [0.717, 1.165) is 58.6 Å². The van der Waals surface area contributed by atoms with Gasteiger partial charge in [-0.3, -0.25) is 0 Å². The summed E-state index contributed by atoms with van der Waals surface area (Å²) in [6.45, 7) is 26.6. The Labute approximate surface area is 335 Å². The van der Waals surface area contributed by atoms with Crippen molar-refractivity contribution in [3.63, 3.8) is 0 Å². The van der Waals surface area contributed by atoms with Gasteiger partial charge in [0, 0.05) is 44.9 Å². The van der Waals surface area contributed by atoms with Crippen molar-refractivity contribution >= 4 is 41.0 Å². The first kappa shape index (κ1) is 37.2. The van der Waals surface area contributed by atoms with Gasteiger partial charge in [-0.1, -0.05) is 117 Å². The smallest absolute Gasteiger partial charge is 0.249 e. The fourth-order valence-corrected chi connectivity index (χ4v) is 12.3. The fraction of sp³-hybridized carbons (Fsp3) is 0.431. The molecular formula is C51H61N3OSi+2. The molecule has 6 heterocycles. The van der Waals surface area contributed by atoms with Gasteiger partial charge in [0.25, 0.3) is 0 Å². The van der Waals surface area contributed by atoms with Crippen LogP contribution in [0.5, 0.6) is 0 Å². The summed E-state index contributed by atoms with van der Waals surface area (Å²) >= 11 is 0. The molecular weight excluding hydrogens is 699 g/mol. The Morgan fingerprint density at radius 2 is 1.54 bits per heavy atom. The minimum absolute atomic E-state index is 0.0522. The van der Waals surface area contributed by atoms with Crippen molar-refractivity contribution in [2.75, 3.05) is 0 Å². The van der Waals surface area contributed by atoms with Gasteiger partial charge in [-0.25, -0.2) is 4.98 Å². The third-order valence-corrected chi connectivity index (χ3v) is 15.6. The number of benzene rings is 2. The number of pyridine rings is 3. The van der Waals surface area contributed by atoms with Crippen LogP contribution < -0.4 is 14.3 Å². The molecule has 56 heavy (non-hydrogen) atoms. The summed E-state index contributed by atoms with van der Waals surface area (Å²) in [6.07, 6.45) is 13.5. The molecule has 0 bridgehead atoms. The third kappa shape index (κ3) is 6.11. The Hall–Kier alpha value is -4.35. The van der Waals surface area contributed by atoms with Crippen molar-refractivity contribution in [1.29, 1.82) is 0 Å². The van der Waals surface area contributed by atoms with E-state index in [1.165, 1.54) is 76.0 Å². The zero-order valence-corrected chi connectivity index (χ0v) is 36.3. The van der Waals surface area contributed by atoms with Crippen LogP contribution in [-0.4, -0.2) is 13.1 Å². The first-order chi connectivity index (χ1) is 26.8. The number of furan rings is 1. The van der Waals surface area contributed by atoms with Crippen molar-refractivity contribution in [1.82, 2.24) is 4.98 Å². The molecule has 0 amide bonds. The first-order valence-corrected chi connectivity index (χ1v) is 25.1. The molecule has 0 spiro atoms. The molecule has 2 aromatic carbocycles. The van der Waals surface area contributed by atoms with Crippen LogP contribution in [0.15, 0.2) is 84.1 Å². The number of rotatable bonds is 6. The molecule has 0 radical (unpaired) electrons. The van der Waals surface area contributed by atoms with Crippen LogP contribution in [0.25, 0.3) is 50.3 Å². The molecule has 0 saturated heterocycles. The van der Waals surface area contributed by atoms with E-state index in [1.807, 2.05) is 0 Å². The minimum Gasteiger partial charge on any atom is -0.437 e. The molecule has 1 fully saturated rings. The van der Waals surface area contributed by atoms with E-state index in [-0.39, 0.29) is 12.0 Å². The highest BCUT2D eigenvalue weighted by molar-refractivity contribution is 6.89. The van der Waals surface area contributed by atoms with E-state index in [2.05, 4.69) is 143 Å². The molecule has 1 saturated carbocycles. The molecule has 3 aliphatic rings. The van der Waals surface area contributed by atoms with Crippen LogP contribution in [0.2, 0.25) is 19.6 Å². The Morgan fingerprint density at radius 3 is 2.25 bits per heavy atom. The maximum Gasteiger partial charge on any atom is 0.249 e. The van der Waals surface area contributed by atoms with E-state index < -0.39 is 8.07 Å². The van der Waals surface area contributed by atoms with E-state index in [0.29, 0.717) is 17.8 Å². The zero-order chi connectivity index (χ0) is 39.2. The van der Waals surface area contributed by atoms with Gasteiger partial charge in [0.1, 0.15) is 0 Å². The fourth-order valence-electron chi connectivity index (χ4n) is 10.6. The largest absolute Gasteiger partial charge is 0.437 e. The Bertz CT molecular complexity index is 2530. The van der Waals surface area contributed by atoms with Crippen LogP contribution in [0.3, 0.4) is 0 Å². The number of allylic oxidation sites excluding steroid dienone is 1. The summed E-state index contributed by atoms with van der Waals surface area (Å²) in [5.74, 6) is 2.16. The summed E-state index contributed by atoms with van der Waals surface area (Å²) in [6, 6.07) is 23.5. The molecule has 6 aromatic rings. The summed E-state index contributed by atoms with van der Waals surface area (Å²) in [4.78, 5) is 5.08. The second-order valence-electron chi connectivity index (χ2n) is 19.3. The van der Waals surface area contributed by atoms with Gasteiger partial charge >= 0.3 is 0 Å². The standard InChI is InChI=1S/C51H61N3OSi/c1-30(2)42-27-45-38-18-14-13-17-37(38)39-21-19-35-20-22-40-41-23-24-44(32(5)6)52-51(41)55-50(40)48(35)46-26-36(25-34-15-11-12-16-34)43(31(3)4)28-53(46)33(7)49(39)54(45)29-47(42)56(8,9)10/h13-14,17-18,20,22-24,26-32,34,39,49H,7,11-12,15-16,19,21,25H2,1-6,8-10H3/q+2. The Balaban J connectivity index is 1.36. The van der Waals surface area contributed by atoms with Crippen molar-refractivity contribution in [2.45, 2.75) is 136 Å². The predicted octanol–water partition coefficient (Wildman–Crippen LogP) is 12.3. The van der Waals surface area contributed by atoms with Gasteiger partial charge in [0.2, 0.25) is 28.8 Å². The van der Waals surface area contributed by atoms with E-state index in [1.54, 1.807) is 5.19 Å². The lowest BCUT2D eigenvalue weighted by molar-refractivity contribution is -0.726. The third-order valence-electron chi connectivity index (χ3n) is 13.5. The number of aryl methyl sites for hydroxylation is 1. The second kappa shape index (κ2) is 13.9. The predicted molar refractivity (Wildman–Crippen MR) is 236 cm³/mol. The topological polar surface area (TPSA) is 33.8 Å². The first-order valence-electron chi connectivity index (χ1n) is 21.6. The molecule has 5 heteroatoms. The number of hydrogen-bond donors (Lipinski definition) is 0. The van der Waals surface area contributed by atoms with Gasteiger partial charge in [-0.15, -0.1) is 0 Å². The highest BCUT2D eigenvalue weighted by Gasteiger charge is 2.48. The summed E-state index contributed by atoms with van der Waals surface area (Å²) in [5.41, 5.74) is 16.2. The molecule has 2 aliphatic heterocycles. The SMILES string of the molecule is C=C1C2C(CCc3ccc4c(oc5nc(C(C)C)ccc54)c3-c3cc(CC4CCCC4)c(C(C)C)c[n+]31)c1ccccc1-c1cc(C(C)C)c([Si](C)(C)C)c[n+]12. The Morgan fingerprint density at radius 1 is 0.804 bits per heavy atom. The molecule has 2 atom stereocenters. The lowest BCUT2D eigenvalue weighted by Gasteiger charge is -2.32. The monoisotopic (exact) mass is 759 g/mol. The number of nitrogens with zero attached hydrogens (tertiary/aromatic N) is 3. The maximum atomic E-state index is 6.99. The second-order valence-corrected chi connectivity index (χ2v) is 24.4. The highest BCUT2D eigenvalue weighted by Crippen LogP contribution is 2.47. The quantitative estimate of drug-likeness (QED) is 0.125. The minimum atomic E-state index is -1.71. The molecule has 1 aliphatic carbocycles. The van der Waals surface area contributed by atoms with Crippen LogP contribution in [-0.2, 0) is 12.8 Å². The molecule has 0 N–H and O–H groups in total. The highest BCUT2D eigenvalue weighted by atomic mass is 28.3. The lowest BCUT2D eigenvalue weighted by atomic mass is 9.78. The van der Waals surface area contributed by atoms with Crippen LogP contribution in [0, 0.1) is 5.92 Å². The van der Waals surface area contributed by atoms with E-state index >= 15 is 0 Å². The summed E-state index contributed by atoms with van der Waals surface area (Å²) < 4.78 is 12.2. The number of fused-ring (bicyclic) bond motifs is 13. The van der Waals surface area contributed by atoms with Crippen molar-refractivity contribution < 1.29 is 13.6 Å². The maximum absolute atomic E-state index is 6.99. The molecule has 288 valence electrons. The molecule has 4 nitrogen and oxygen atoms in total. The number of hydrogen-bond acceptors (Lipinski definition) is 2. The molecule has 2 unspecified atom stereocenters. The van der Waals surface area contributed by atoms with Crippen molar-refractivity contribution in [3.05, 3.63) is 113 Å². The molecule has 4 aromatic heterocycles. The van der Waals surface area contributed by atoms with Crippen LogP contribution in [0.4, 0.5) is 0 Å². The van der Waals surface area contributed by atoms with Gasteiger partial charge in [0.15, 0.2) is 18.0 Å². The van der Waals surface area contributed by atoms with Gasteiger partial charge in [-0.05, 0) is 90.0 Å². The van der Waals surface area contributed by atoms with Crippen LogP contribution in [0.1, 0.15) is 137 Å². The zero-order valence-electron chi connectivity index (χ0n) is 35.3. The van der Waals surface area contributed by atoms with Gasteiger partial charge in [0.05, 0.1) is 19.6 Å². The van der Waals surface area contributed by atoms with Crippen LogP contribution >= 0.6 is 0 Å². The van der Waals surface area contributed by atoms with Gasteiger partial charge < -0.3 is 4.42 Å². The normalized spacial score (nSPS) is 18.5. The lowest BCUT2D eigenvalue weighted by Crippen LogP contribution is -2.57. The average Bonchev–Trinajstić information content (AvgIpc) is 3.83. The summed E-state index contributed by atoms with van der Waals surface area (Å²) in [7, 11) is -1.71. The summed E-state index contributed by atoms with van der Waals surface area (Å²) in [5, 5.41) is 3.80. The van der Waals surface area contributed by atoms with E-state index in [4.69, 9.17) is 16.0 Å². The molecule has 9 rings (SSSR count). The van der Waals surface area contributed by atoms with Crippen molar-refractivity contribution in [2.24, 2.45) is 5.92 Å². The average molecular weight is 760 g/mol.